The van der Waals surface area contributed by atoms with Crippen molar-refractivity contribution in [3.8, 4) is 0 Å². The lowest BCUT2D eigenvalue weighted by Gasteiger charge is -2.17. The van der Waals surface area contributed by atoms with Gasteiger partial charge < -0.3 is 10.4 Å². The molecule has 7 heteroatoms. The first kappa shape index (κ1) is 15.3. The molecule has 0 aliphatic rings. The molecule has 1 unspecified atom stereocenters. The number of nitrogens with one attached hydrogen (secondary N) is 1. The molecule has 110 valence electrons. The Labute approximate surface area is 125 Å². The van der Waals surface area contributed by atoms with E-state index in [2.05, 4.69) is 15.3 Å². The molecule has 2 N–H and O–H groups in total. The number of aliphatic hydroxyl groups excluding tert-OH is 1. The maximum atomic E-state index is 13.9. The van der Waals surface area contributed by atoms with Crippen LogP contribution in [-0.4, -0.2) is 27.6 Å². The molecule has 1 aromatic carbocycles. The van der Waals surface area contributed by atoms with Crippen LogP contribution in [0.4, 0.5) is 4.39 Å². The molecule has 5 nitrogen and oxygen atoms in total. The smallest absolute Gasteiger partial charge is 0.225 e. The quantitative estimate of drug-likeness (QED) is 0.881. The van der Waals surface area contributed by atoms with E-state index in [1.54, 1.807) is 6.07 Å². The first-order valence-corrected chi connectivity index (χ1v) is 6.57. The van der Waals surface area contributed by atoms with Crippen LogP contribution in [0, 0.1) is 5.82 Å². The average molecular weight is 310 g/mol. The van der Waals surface area contributed by atoms with Crippen LogP contribution in [0.3, 0.4) is 0 Å². The Kier molecular flexibility index (Phi) is 5.19. The van der Waals surface area contributed by atoms with Crippen LogP contribution in [-0.2, 0) is 11.2 Å². The van der Waals surface area contributed by atoms with Gasteiger partial charge in [-0.25, -0.2) is 14.4 Å². The highest BCUT2D eigenvalue weighted by Crippen LogP contribution is 2.23. The number of halogens is 2. The summed E-state index contributed by atoms with van der Waals surface area (Å²) in [5, 5.41) is 11.9. The van der Waals surface area contributed by atoms with Gasteiger partial charge in [0.1, 0.15) is 12.1 Å². The Morgan fingerprint density at radius 3 is 2.76 bits per heavy atom. The second kappa shape index (κ2) is 7.10. The molecule has 0 bridgehead atoms. The Morgan fingerprint density at radius 1 is 1.38 bits per heavy atom. The van der Waals surface area contributed by atoms with Gasteiger partial charge in [-0.05, 0) is 11.6 Å². The topological polar surface area (TPSA) is 75.1 Å². The van der Waals surface area contributed by atoms with Crippen molar-refractivity contribution in [1.29, 1.82) is 0 Å². The Morgan fingerprint density at radius 2 is 2.10 bits per heavy atom. The van der Waals surface area contributed by atoms with Crippen molar-refractivity contribution < 1.29 is 14.3 Å². The van der Waals surface area contributed by atoms with Gasteiger partial charge >= 0.3 is 0 Å². The van der Waals surface area contributed by atoms with E-state index >= 15 is 0 Å². The minimum atomic E-state index is -0.860. The molecule has 0 saturated heterocycles. The predicted molar refractivity (Wildman–Crippen MR) is 75.1 cm³/mol. The van der Waals surface area contributed by atoms with E-state index in [9.17, 15) is 14.3 Å². The second-order valence-corrected chi connectivity index (χ2v) is 4.78. The van der Waals surface area contributed by atoms with Crippen LogP contribution in [0.1, 0.15) is 17.2 Å². The zero-order valence-corrected chi connectivity index (χ0v) is 11.7. The van der Waals surface area contributed by atoms with Crippen molar-refractivity contribution in [3.05, 3.63) is 58.9 Å². The van der Waals surface area contributed by atoms with Gasteiger partial charge in [-0.2, -0.15) is 0 Å². The molecule has 1 atom stereocenters. The highest BCUT2D eigenvalue weighted by Gasteiger charge is 2.19. The number of amides is 1. The standard InChI is InChI=1S/C14H13ClFN3O2/c15-11-3-1-2-10(14(11)16)12(7-20)19-13(21)4-9-5-17-8-18-6-9/h1-3,5-6,8,12,20H,4,7H2,(H,19,21). The summed E-state index contributed by atoms with van der Waals surface area (Å²) in [6, 6.07) is 3.56. The average Bonchev–Trinajstić information content (AvgIpc) is 2.49. The molecule has 0 radical (unpaired) electrons. The van der Waals surface area contributed by atoms with Gasteiger partial charge in [-0.3, -0.25) is 4.79 Å². The molecule has 1 aromatic heterocycles. The Balaban J connectivity index is 2.08. The summed E-state index contributed by atoms with van der Waals surface area (Å²) in [6.45, 7) is -0.436. The second-order valence-electron chi connectivity index (χ2n) is 4.37. The summed E-state index contributed by atoms with van der Waals surface area (Å²) in [6.07, 6.45) is 4.43. The summed E-state index contributed by atoms with van der Waals surface area (Å²) in [4.78, 5) is 19.5. The zero-order chi connectivity index (χ0) is 15.2. The fourth-order valence-corrected chi connectivity index (χ4v) is 2.05. The lowest BCUT2D eigenvalue weighted by molar-refractivity contribution is -0.121. The van der Waals surface area contributed by atoms with E-state index in [0.29, 0.717) is 5.56 Å². The number of aromatic nitrogens is 2. The maximum Gasteiger partial charge on any atom is 0.225 e. The number of benzene rings is 1. The van der Waals surface area contributed by atoms with Crippen molar-refractivity contribution in [2.75, 3.05) is 6.61 Å². The molecular weight excluding hydrogens is 297 g/mol. The molecule has 0 aliphatic heterocycles. The highest BCUT2D eigenvalue weighted by atomic mass is 35.5. The van der Waals surface area contributed by atoms with E-state index in [1.165, 1.54) is 30.9 Å². The molecule has 1 amide bonds. The van der Waals surface area contributed by atoms with E-state index in [-0.39, 0.29) is 22.9 Å². The Hall–Kier alpha value is -2.05. The van der Waals surface area contributed by atoms with Crippen LogP contribution in [0.25, 0.3) is 0 Å². The van der Waals surface area contributed by atoms with Crippen LogP contribution in [0.2, 0.25) is 5.02 Å². The van der Waals surface area contributed by atoms with Gasteiger partial charge in [-0.1, -0.05) is 23.7 Å². The van der Waals surface area contributed by atoms with E-state index < -0.39 is 18.5 Å². The third-order valence-electron chi connectivity index (χ3n) is 2.85. The van der Waals surface area contributed by atoms with Crippen molar-refractivity contribution in [1.82, 2.24) is 15.3 Å². The largest absolute Gasteiger partial charge is 0.394 e. The number of aliphatic hydroxyl groups is 1. The molecule has 0 saturated carbocycles. The third kappa shape index (κ3) is 3.96. The summed E-state index contributed by atoms with van der Waals surface area (Å²) in [5.74, 6) is -1.02. The molecule has 21 heavy (non-hydrogen) atoms. The van der Waals surface area contributed by atoms with E-state index in [4.69, 9.17) is 11.6 Å². The van der Waals surface area contributed by atoms with Gasteiger partial charge in [0.2, 0.25) is 5.91 Å². The first-order chi connectivity index (χ1) is 10.1. The molecular formula is C14H13ClFN3O2. The number of carbonyl (C=O) groups is 1. The molecule has 0 aliphatic carbocycles. The number of rotatable bonds is 5. The van der Waals surface area contributed by atoms with E-state index in [1.807, 2.05) is 0 Å². The Bertz CT molecular complexity index is 625. The summed E-state index contributed by atoms with van der Waals surface area (Å²) in [7, 11) is 0. The fourth-order valence-electron chi connectivity index (χ4n) is 1.86. The van der Waals surface area contributed by atoms with Gasteiger partial charge in [0.15, 0.2) is 0 Å². The fraction of sp³-hybridized carbons (Fsp3) is 0.214. The van der Waals surface area contributed by atoms with Gasteiger partial charge in [0, 0.05) is 18.0 Å². The van der Waals surface area contributed by atoms with Gasteiger partial charge in [-0.15, -0.1) is 0 Å². The van der Waals surface area contributed by atoms with Crippen molar-refractivity contribution in [3.63, 3.8) is 0 Å². The highest BCUT2D eigenvalue weighted by molar-refractivity contribution is 6.30. The summed E-state index contributed by atoms with van der Waals surface area (Å²) < 4.78 is 13.9. The minimum Gasteiger partial charge on any atom is -0.394 e. The lowest BCUT2D eigenvalue weighted by atomic mass is 10.1. The molecule has 2 rings (SSSR count). The number of nitrogens with zero attached hydrogens (tertiary/aromatic N) is 2. The third-order valence-corrected chi connectivity index (χ3v) is 3.15. The SMILES string of the molecule is O=C(Cc1cncnc1)NC(CO)c1cccc(Cl)c1F. The lowest BCUT2D eigenvalue weighted by Crippen LogP contribution is -2.32. The van der Waals surface area contributed by atoms with Crippen molar-refractivity contribution in [2.24, 2.45) is 0 Å². The predicted octanol–water partition coefficient (Wildman–Crippen LogP) is 1.66. The molecule has 0 spiro atoms. The number of hydrogen-bond acceptors (Lipinski definition) is 4. The van der Waals surface area contributed by atoms with E-state index in [0.717, 1.165) is 0 Å². The summed E-state index contributed by atoms with van der Waals surface area (Å²) >= 11 is 5.70. The van der Waals surface area contributed by atoms with Gasteiger partial charge in [0.25, 0.3) is 0 Å². The molecule has 1 heterocycles. The number of carbonyl (C=O) groups excluding carboxylic acids is 1. The maximum absolute atomic E-state index is 13.9. The first-order valence-electron chi connectivity index (χ1n) is 6.20. The van der Waals surface area contributed by atoms with Crippen LogP contribution >= 0.6 is 11.6 Å². The minimum absolute atomic E-state index is 0.0412. The number of hydrogen-bond donors (Lipinski definition) is 2. The molecule has 0 fully saturated rings. The van der Waals surface area contributed by atoms with Crippen molar-refractivity contribution in [2.45, 2.75) is 12.5 Å². The zero-order valence-electron chi connectivity index (χ0n) is 11.0. The molecule has 2 aromatic rings. The van der Waals surface area contributed by atoms with Crippen molar-refractivity contribution >= 4 is 17.5 Å². The normalized spacial score (nSPS) is 12.0. The monoisotopic (exact) mass is 309 g/mol. The van der Waals surface area contributed by atoms with Gasteiger partial charge in [0.05, 0.1) is 24.1 Å². The van der Waals surface area contributed by atoms with Crippen LogP contribution < -0.4 is 5.32 Å². The summed E-state index contributed by atoms with van der Waals surface area (Å²) in [5.41, 5.74) is 0.765. The van der Waals surface area contributed by atoms with Crippen LogP contribution in [0.5, 0.6) is 0 Å². The van der Waals surface area contributed by atoms with Crippen LogP contribution in [0.15, 0.2) is 36.9 Å².